The molecular weight excluding hydrogens is 166 g/mol. The van der Waals surface area contributed by atoms with E-state index in [1.54, 1.807) is 6.92 Å². The fourth-order valence-electron chi connectivity index (χ4n) is 0.539. The Hall–Kier alpha value is 0.127. The maximum absolute atomic E-state index is 10.9. The molecule has 0 aromatic heterocycles. The van der Waals surface area contributed by atoms with Crippen molar-refractivity contribution in [1.29, 1.82) is 0 Å². The zero-order chi connectivity index (χ0) is 8.41. The summed E-state index contributed by atoms with van der Waals surface area (Å²) >= 11 is 0. The van der Waals surface area contributed by atoms with Gasteiger partial charge in [-0.3, -0.25) is 0 Å². The first-order valence-electron chi connectivity index (χ1n) is 3.28. The minimum Gasteiger partial charge on any atom is -0.238 e. The summed E-state index contributed by atoms with van der Waals surface area (Å²) in [5.74, 6) is 0.178. The molecule has 0 saturated heterocycles. The number of hydrogen-bond acceptors (Lipinski definition) is 2. The van der Waals surface area contributed by atoms with E-state index >= 15 is 0 Å². The third-order valence-corrected chi connectivity index (χ3v) is 5.30. The molecule has 0 rings (SSSR count). The Morgan fingerprint density at radius 3 is 1.80 bits per heavy atom. The Labute approximate surface area is 64.0 Å². The van der Waals surface area contributed by atoms with Gasteiger partial charge in [0.2, 0.25) is 10.0 Å². The van der Waals surface area contributed by atoms with Crippen LogP contribution in [0.2, 0.25) is 19.6 Å². The molecule has 1 N–H and O–H groups in total. The van der Waals surface area contributed by atoms with E-state index in [4.69, 9.17) is 0 Å². The van der Waals surface area contributed by atoms with Gasteiger partial charge in [0.25, 0.3) is 0 Å². The summed E-state index contributed by atoms with van der Waals surface area (Å²) in [6, 6.07) is 0. The van der Waals surface area contributed by atoms with Gasteiger partial charge in [-0.2, -0.15) is 0 Å². The molecule has 3 nitrogen and oxygen atoms in total. The second-order valence-corrected chi connectivity index (χ2v) is 10.4. The summed E-state index contributed by atoms with van der Waals surface area (Å²) in [6.07, 6.45) is 0. The number of sulfonamides is 1. The molecular formula is C5H15NO2SSi. The zero-order valence-corrected chi connectivity index (χ0v) is 8.75. The predicted molar refractivity (Wildman–Crippen MR) is 45.9 cm³/mol. The molecule has 62 valence electrons. The highest BCUT2D eigenvalue weighted by molar-refractivity contribution is 7.90. The van der Waals surface area contributed by atoms with Crippen molar-refractivity contribution in [2.45, 2.75) is 26.6 Å². The van der Waals surface area contributed by atoms with Crippen LogP contribution in [0.1, 0.15) is 6.92 Å². The summed E-state index contributed by atoms with van der Waals surface area (Å²) in [4.78, 5) is 0. The molecule has 0 aliphatic carbocycles. The Balaban J connectivity index is 4.18. The van der Waals surface area contributed by atoms with Gasteiger partial charge in [-0.05, 0) is 6.92 Å². The molecule has 0 unspecified atom stereocenters. The number of nitrogens with one attached hydrogen (secondary N) is 1. The van der Waals surface area contributed by atoms with Crippen molar-refractivity contribution in [2.24, 2.45) is 0 Å². The quantitative estimate of drug-likeness (QED) is 0.653. The average Bonchev–Trinajstić information content (AvgIpc) is 1.60. The van der Waals surface area contributed by atoms with Crippen LogP contribution in [-0.2, 0) is 10.0 Å². The number of hydrogen-bond donors (Lipinski definition) is 1. The molecule has 0 amide bonds. The second-order valence-electron chi connectivity index (χ2n) is 3.26. The van der Waals surface area contributed by atoms with Crippen LogP contribution in [0.5, 0.6) is 0 Å². The Kier molecular flexibility index (Phi) is 3.06. The van der Waals surface area contributed by atoms with Gasteiger partial charge in [0.05, 0.1) is 5.75 Å². The maximum atomic E-state index is 10.9. The van der Waals surface area contributed by atoms with Gasteiger partial charge in [-0.1, -0.05) is 19.6 Å². The summed E-state index contributed by atoms with van der Waals surface area (Å²) in [7, 11) is -4.62. The van der Waals surface area contributed by atoms with Crippen molar-refractivity contribution in [1.82, 2.24) is 4.39 Å². The van der Waals surface area contributed by atoms with Crippen molar-refractivity contribution in [2.75, 3.05) is 5.75 Å². The van der Waals surface area contributed by atoms with Crippen molar-refractivity contribution in [3.05, 3.63) is 0 Å². The first kappa shape index (κ1) is 10.1. The minimum absolute atomic E-state index is 0.178. The van der Waals surface area contributed by atoms with E-state index in [1.165, 1.54) is 0 Å². The van der Waals surface area contributed by atoms with E-state index in [0.29, 0.717) is 0 Å². The first-order chi connectivity index (χ1) is 4.27. The summed E-state index contributed by atoms with van der Waals surface area (Å²) in [5.41, 5.74) is 0. The van der Waals surface area contributed by atoms with Gasteiger partial charge in [-0.15, -0.1) is 0 Å². The lowest BCUT2D eigenvalue weighted by Crippen LogP contribution is -2.45. The molecule has 0 saturated carbocycles. The molecule has 0 radical (unpaired) electrons. The van der Waals surface area contributed by atoms with Crippen LogP contribution >= 0.6 is 0 Å². The van der Waals surface area contributed by atoms with Gasteiger partial charge in [0, 0.05) is 0 Å². The molecule has 0 aromatic carbocycles. The van der Waals surface area contributed by atoms with Gasteiger partial charge >= 0.3 is 0 Å². The molecule has 10 heavy (non-hydrogen) atoms. The van der Waals surface area contributed by atoms with E-state index in [-0.39, 0.29) is 5.75 Å². The summed E-state index contributed by atoms with van der Waals surface area (Å²) in [6.45, 7) is 7.52. The third kappa shape index (κ3) is 4.96. The van der Waals surface area contributed by atoms with E-state index < -0.39 is 18.3 Å². The highest BCUT2D eigenvalue weighted by Crippen LogP contribution is 1.97. The largest absolute Gasteiger partial charge is 0.238 e. The van der Waals surface area contributed by atoms with Crippen LogP contribution in [0.25, 0.3) is 0 Å². The van der Waals surface area contributed by atoms with Gasteiger partial charge in [-0.25, -0.2) is 12.8 Å². The van der Waals surface area contributed by atoms with E-state index in [9.17, 15) is 8.42 Å². The van der Waals surface area contributed by atoms with Crippen molar-refractivity contribution < 1.29 is 8.42 Å². The highest BCUT2D eigenvalue weighted by Gasteiger charge is 2.19. The average molecular weight is 181 g/mol. The fourth-order valence-corrected chi connectivity index (χ4v) is 4.85. The predicted octanol–water partition coefficient (Wildman–Crippen LogP) is 0.761. The lowest BCUT2D eigenvalue weighted by Gasteiger charge is -2.16. The zero-order valence-electron chi connectivity index (χ0n) is 6.93. The lowest BCUT2D eigenvalue weighted by molar-refractivity contribution is 0.594. The molecule has 0 aromatic rings. The van der Waals surface area contributed by atoms with Crippen molar-refractivity contribution in [3.8, 4) is 0 Å². The molecule has 0 spiro atoms. The normalized spacial score (nSPS) is 13.6. The SMILES string of the molecule is CCS(=O)(=O)N[Si](C)(C)C. The van der Waals surface area contributed by atoms with Gasteiger partial charge < -0.3 is 0 Å². The van der Waals surface area contributed by atoms with Crippen molar-refractivity contribution in [3.63, 3.8) is 0 Å². The first-order valence-corrected chi connectivity index (χ1v) is 8.44. The summed E-state index contributed by atoms with van der Waals surface area (Å²) in [5, 5.41) is 0. The van der Waals surface area contributed by atoms with E-state index in [2.05, 4.69) is 4.39 Å². The maximum Gasteiger partial charge on any atom is 0.205 e. The molecule has 0 aliphatic heterocycles. The highest BCUT2D eigenvalue weighted by atomic mass is 32.2. The van der Waals surface area contributed by atoms with Gasteiger partial charge in [0.1, 0.15) is 8.24 Å². The summed E-state index contributed by atoms with van der Waals surface area (Å²) < 4.78 is 24.5. The molecule has 0 bridgehead atoms. The van der Waals surface area contributed by atoms with Gasteiger partial charge in [0.15, 0.2) is 0 Å². The standard InChI is InChI=1S/C5H15NO2SSi/c1-5-9(7,8)6-10(2,3)4/h6H,5H2,1-4H3. The van der Waals surface area contributed by atoms with E-state index in [1.807, 2.05) is 19.6 Å². The van der Waals surface area contributed by atoms with Crippen LogP contribution in [0.4, 0.5) is 0 Å². The molecule has 0 heterocycles. The second kappa shape index (κ2) is 3.02. The smallest absolute Gasteiger partial charge is 0.205 e. The topological polar surface area (TPSA) is 46.2 Å². The minimum atomic E-state index is -2.97. The molecule has 0 fully saturated rings. The Morgan fingerprint density at radius 1 is 1.30 bits per heavy atom. The molecule has 0 aliphatic rings. The Morgan fingerprint density at radius 2 is 1.70 bits per heavy atom. The van der Waals surface area contributed by atoms with Crippen LogP contribution in [-0.4, -0.2) is 22.4 Å². The van der Waals surface area contributed by atoms with Crippen molar-refractivity contribution >= 4 is 18.3 Å². The number of rotatable bonds is 3. The fraction of sp³-hybridized carbons (Fsp3) is 1.00. The monoisotopic (exact) mass is 181 g/mol. The Bertz CT molecular complexity index is 192. The molecule has 5 heteroatoms. The molecule has 0 atom stereocenters. The van der Waals surface area contributed by atoms with Crippen LogP contribution < -0.4 is 4.39 Å². The van der Waals surface area contributed by atoms with E-state index in [0.717, 1.165) is 0 Å². The van der Waals surface area contributed by atoms with Crippen LogP contribution in [0.3, 0.4) is 0 Å². The third-order valence-electron chi connectivity index (χ3n) is 0.842. The van der Waals surface area contributed by atoms with Crippen LogP contribution in [0, 0.1) is 0 Å². The lowest BCUT2D eigenvalue weighted by atomic mass is 11.0. The van der Waals surface area contributed by atoms with Crippen LogP contribution in [0.15, 0.2) is 0 Å².